The van der Waals surface area contributed by atoms with Crippen LogP contribution >= 0.6 is 12.4 Å². The molecule has 1 aliphatic carbocycles. The summed E-state index contributed by atoms with van der Waals surface area (Å²) in [7, 11) is -3.49. The van der Waals surface area contributed by atoms with E-state index >= 15 is 0 Å². The summed E-state index contributed by atoms with van der Waals surface area (Å²) in [6, 6.07) is 5.09. The summed E-state index contributed by atoms with van der Waals surface area (Å²) in [5, 5.41) is 0. The molecule has 126 valence electrons. The van der Waals surface area contributed by atoms with Crippen LogP contribution in [0.4, 0.5) is 0 Å². The zero-order chi connectivity index (χ0) is 15.5. The fourth-order valence-electron chi connectivity index (χ4n) is 3.02. The molecule has 0 saturated heterocycles. The van der Waals surface area contributed by atoms with E-state index in [1.54, 1.807) is 12.1 Å². The third-order valence-corrected chi connectivity index (χ3v) is 6.06. The van der Waals surface area contributed by atoms with Gasteiger partial charge in [-0.3, -0.25) is 0 Å². The molecule has 0 aromatic heterocycles. The summed E-state index contributed by atoms with van der Waals surface area (Å²) < 4.78 is 27.9. The van der Waals surface area contributed by atoms with Crippen molar-refractivity contribution in [2.24, 2.45) is 11.7 Å². The maximum Gasteiger partial charge on any atom is 0.240 e. The molecule has 1 saturated carbocycles. The molecular weight excluding hydrogens is 320 g/mol. The number of hydrogen-bond donors (Lipinski definition) is 2. The number of aryl methyl sites for hydroxylation is 2. The van der Waals surface area contributed by atoms with E-state index in [0.717, 1.165) is 24.0 Å². The van der Waals surface area contributed by atoms with Crippen LogP contribution in [0.25, 0.3) is 0 Å². The van der Waals surface area contributed by atoms with Gasteiger partial charge in [0.1, 0.15) is 0 Å². The van der Waals surface area contributed by atoms with E-state index in [1.807, 2.05) is 19.9 Å². The lowest BCUT2D eigenvalue weighted by Crippen LogP contribution is -2.45. The molecule has 2 rings (SSSR count). The highest BCUT2D eigenvalue weighted by Gasteiger charge is 2.27. The van der Waals surface area contributed by atoms with Crippen molar-refractivity contribution in [3.63, 3.8) is 0 Å². The van der Waals surface area contributed by atoms with Gasteiger partial charge in [0, 0.05) is 12.6 Å². The van der Waals surface area contributed by atoms with Crippen LogP contribution in [0.3, 0.4) is 0 Å². The predicted octanol–water partition coefficient (Wildman–Crippen LogP) is 2.91. The van der Waals surface area contributed by atoms with Crippen molar-refractivity contribution in [2.75, 3.05) is 6.54 Å². The monoisotopic (exact) mass is 346 g/mol. The Bertz CT molecular complexity index is 584. The van der Waals surface area contributed by atoms with E-state index in [0.29, 0.717) is 17.4 Å². The zero-order valence-corrected chi connectivity index (χ0v) is 15.0. The van der Waals surface area contributed by atoms with Crippen LogP contribution in [-0.2, 0) is 10.0 Å². The van der Waals surface area contributed by atoms with Crippen LogP contribution in [0.2, 0.25) is 0 Å². The van der Waals surface area contributed by atoms with Crippen molar-refractivity contribution in [3.8, 4) is 0 Å². The normalized spacial score (nSPS) is 17.8. The van der Waals surface area contributed by atoms with Crippen LogP contribution in [0.1, 0.15) is 43.2 Å². The van der Waals surface area contributed by atoms with E-state index in [9.17, 15) is 8.42 Å². The van der Waals surface area contributed by atoms with Gasteiger partial charge in [0.2, 0.25) is 10.0 Å². The molecule has 0 bridgehead atoms. The number of rotatable bonds is 5. The van der Waals surface area contributed by atoms with E-state index in [-0.39, 0.29) is 18.4 Å². The second-order valence-corrected chi connectivity index (χ2v) is 7.82. The van der Waals surface area contributed by atoms with Crippen molar-refractivity contribution in [1.82, 2.24) is 4.72 Å². The Hall–Kier alpha value is -0.620. The van der Waals surface area contributed by atoms with Crippen molar-refractivity contribution in [1.29, 1.82) is 0 Å². The van der Waals surface area contributed by atoms with Crippen molar-refractivity contribution in [2.45, 2.75) is 56.9 Å². The van der Waals surface area contributed by atoms with Crippen LogP contribution in [0.5, 0.6) is 0 Å². The third-order valence-electron chi connectivity index (χ3n) is 4.57. The van der Waals surface area contributed by atoms with Crippen molar-refractivity contribution >= 4 is 22.4 Å². The first-order chi connectivity index (χ1) is 9.94. The average Bonchev–Trinajstić information content (AvgIpc) is 2.48. The molecule has 0 heterocycles. The zero-order valence-electron chi connectivity index (χ0n) is 13.3. The van der Waals surface area contributed by atoms with Crippen LogP contribution in [0, 0.1) is 19.8 Å². The summed E-state index contributed by atoms with van der Waals surface area (Å²) in [6.45, 7) is 4.26. The van der Waals surface area contributed by atoms with Gasteiger partial charge in [-0.05, 0) is 55.9 Å². The predicted molar refractivity (Wildman–Crippen MR) is 92.9 cm³/mol. The van der Waals surface area contributed by atoms with Gasteiger partial charge < -0.3 is 5.73 Å². The highest BCUT2D eigenvalue weighted by Crippen LogP contribution is 2.27. The molecule has 0 aliphatic heterocycles. The standard InChI is InChI=1S/C16H26N2O2S.ClH/c1-12-8-9-15(10-13(12)2)21(19,20)18-16(11-17)14-6-4-3-5-7-14;/h8-10,14,16,18H,3-7,11,17H2,1-2H3;1H. The Labute approximate surface area is 140 Å². The molecule has 1 atom stereocenters. The van der Waals surface area contributed by atoms with E-state index in [4.69, 9.17) is 5.73 Å². The van der Waals surface area contributed by atoms with E-state index in [1.165, 1.54) is 19.3 Å². The molecule has 3 N–H and O–H groups in total. The minimum Gasteiger partial charge on any atom is -0.329 e. The van der Waals surface area contributed by atoms with Gasteiger partial charge in [-0.15, -0.1) is 12.4 Å². The lowest BCUT2D eigenvalue weighted by atomic mass is 9.84. The van der Waals surface area contributed by atoms with Crippen molar-refractivity contribution < 1.29 is 8.42 Å². The fourth-order valence-corrected chi connectivity index (χ4v) is 4.42. The quantitative estimate of drug-likeness (QED) is 0.861. The number of halogens is 1. The molecule has 4 nitrogen and oxygen atoms in total. The minimum absolute atomic E-state index is 0. The molecule has 0 spiro atoms. The highest BCUT2D eigenvalue weighted by atomic mass is 35.5. The fraction of sp³-hybridized carbons (Fsp3) is 0.625. The van der Waals surface area contributed by atoms with E-state index in [2.05, 4.69) is 4.72 Å². The number of benzene rings is 1. The molecule has 22 heavy (non-hydrogen) atoms. The number of sulfonamides is 1. The maximum absolute atomic E-state index is 12.5. The average molecular weight is 347 g/mol. The van der Waals surface area contributed by atoms with Gasteiger partial charge in [-0.2, -0.15) is 0 Å². The number of nitrogens with two attached hydrogens (primary N) is 1. The largest absolute Gasteiger partial charge is 0.329 e. The molecule has 1 unspecified atom stereocenters. The molecule has 0 radical (unpaired) electrons. The molecule has 1 fully saturated rings. The molecule has 6 heteroatoms. The second kappa shape index (κ2) is 8.29. The molecule has 1 aromatic carbocycles. The Morgan fingerprint density at radius 2 is 1.82 bits per heavy atom. The Morgan fingerprint density at radius 3 is 2.36 bits per heavy atom. The first-order valence-corrected chi connectivity index (χ1v) is 9.22. The van der Waals surface area contributed by atoms with Gasteiger partial charge in [-0.25, -0.2) is 13.1 Å². The Kier molecular flexibility index (Phi) is 7.32. The summed E-state index contributed by atoms with van der Waals surface area (Å²) in [5.41, 5.74) is 7.90. The van der Waals surface area contributed by atoms with E-state index < -0.39 is 10.0 Å². The van der Waals surface area contributed by atoms with Gasteiger partial charge >= 0.3 is 0 Å². The third kappa shape index (κ3) is 4.69. The van der Waals surface area contributed by atoms with Crippen LogP contribution < -0.4 is 10.5 Å². The highest BCUT2D eigenvalue weighted by molar-refractivity contribution is 7.89. The van der Waals surface area contributed by atoms with Crippen LogP contribution in [0.15, 0.2) is 23.1 Å². The van der Waals surface area contributed by atoms with Gasteiger partial charge in [-0.1, -0.05) is 25.3 Å². The summed E-state index contributed by atoms with van der Waals surface area (Å²) in [6.07, 6.45) is 5.73. The number of hydrogen-bond acceptors (Lipinski definition) is 3. The van der Waals surface area contributed by atoms with Gasteiger partial charge in [0.05, 0.1) is 4.90 Å². The topological polar surface area (TPSA) is 72.2 Å². The second-order valence-electron chi connectivity index (χ2n) is 6.11. The number of nitrogens with one attached hydrogen (secondary N) is 1. The van der Waals surface area contributed by atoms with Gasteiger partial charge in [0.15, 0.2) is 0 Å². The molecule has 1 aliphatic rings. The smallest absolute Gasteiger partial charge is 0.240 e. The summed E-state index contributed by atoms with van der Waals surface area (Å²) >= 11 is 0. The van der Waals surface area contributed by atoms with Gasteiger partial charge in [0.25, 0.3) is 0 Å². The molecular formula is C16H27ClN2O2S. The summed E-state index contributed by atoms with van der Waals surface area (Å²) in [5.74, 6) is 0.366. The lowest BCUT2D eigenvalue weighted by Gasteiger charge is -2.29. The first-order valence-electron chi connectivity index (χ1n) is 7.73. The SMILES string of the molecule is Cc1ccc(S(=O)(=O)NC(CN)C2CCCCC2)cc1C.Cl. The Morgan fingerprint density at radius 1 is 1.18 bits per heavy atom. The van der Waals surface area contributed by atoms with Crippen LogP contribution in [-0.4, -0.2) is 21.0 Å². The molecule has 1 aromatic rings. The lowest BCUT2D eigenvalue weighted by molar-refractivity contribution is 0.294. The first kappa shape index (κ1) is 19.4. The molecule has 0 amide bonds. The maximum atomic E-state index is 12.5. The van der Waals surface area contributed by atoms with Crippen molar-refractivity contribution in [3.05, 3.63) is 29.3 Å². The summed E-state index contributed by atoms with van der Waals surface area (Å²) in [4.78, 5) is 0.333. The minimum atomic E-state index is -3.49. The Balaban J connectivity index is 0.00000242.